The molecule has 1 amide bonds. The van der Waals surface area contributed by atoms with Gasteiger partial charge >= 0.3 is 5.69 Å². The Morgan fingerprint density at radius 2 is 1.78 bits per heavy atom. The van der Waals surface area contributed by atoms with Crippen molar-refractivity contribution in [2.75, 3.05) is 46.6 Å². The zero-order valence-corrected chi connectivity index (χ0v) is 25.9. The van der Waals surface area contributed by atoms with Gasteiger partial charge in [0.15, 0.2) is 11.5 Å². The van der Waals surface area contributed by atoms with E-state index in [-0.39, 0.29) is 31.9 Å². The summed E-state index contributed by atoms with van der Waals surface area (Å²) in [5, 5.41) is 6.89. The van der Waals surface area contributed by atoms with E-state index in [0.717, 1.165) is 52.4 Å². The van der Waals surface area contributed by atoms with E-state index in [1.807, 2.05) is 35.0 Å². The number of methoxy groups -OCH3 is 1. The highest BCUT2D eigenvalue weighted by Crippen LogP contribution is 2.33. The Kier molecular flexibility index (Phi) is 9.98. The highest BCUT2D eigenvalue weighted by Gasteiger charge is 2.23. The van der Waals surface area contributed by atoms with E-state index in [4.69, 9.17) is 24.1 Å². The summed E-state index contributed by atoms with van der Waals surface area (Å²) in [4.78, 5) is 56.1. The number of carbonyl (C=O) groups is 2. The molecule has 14 nitrogen and oxygen atoms in total. The predicted molar refractivity (Wildman–Crippen MR) is 168 cm³/mol. The number of imidazole rings is 1. The number of hydrogen-bond donors (Lipinski definition) is 1. The first-order valence-electron chi connectivity index (χ1n) is 14.7. The zero-order chi connectivity index (χ0) is 32.8. The van der Waals surface area contributed by atoms with Crippen LogP contribution in [0.25, 0.3) is 17.1 Å². The third-order valence-corrected chi connectivity index (χ3v) is 7.91. The minimum atomic E-state index is -0.568. The lowest BCUT2D eigenvalue weighted by Gasteiger charge is -2.28. The van der Waals surface area contributed by atoms with Gasteiger partial charge in [-0.2, -0.15) is 0 Å². The van der Waals surface area contributed by atoms with Crippen LogP contribution in [0.1, 0.15) is 21.6 Å². The molecule has 0 spiro atoms. The first-order valence-corrected chi connectivity index (χ1v) is 14.7. The van der Waals surface area contributed by atoms with E-state index in [0.29, 0.717) is 24.7 Å². The topological polar surface area (TPSA) is 150 Å². The fraction of sp³-hybridized carbons (Fsp3) is 0.344. The normalized spacial score (nSPS) is 14.7. The average Bonchev–Trinajstić information content (AvgIpc) is 3.55. The minimum absolute atomic E-state index is 0.0126. The largest absolute Gasteiger partial charge is 0.493 e. The van der Waals surface area contributed by atoms with Gasteiger partial charge in [0, 0.05) is 70.0 Å². The lowest BCUT2D eigenvalue weighted by molar-refractivity contribution is -0.122. The maximum Gasteiger partial charge on any atom is 0.331 e. The van der Waals surface area contributed by atoms with Crippen molar-refractivity contribution in [1.82, 2.24) is 28.5 Å². The van der Waals surface area contributed by atoms with Crippen molar-refractivity contribution in [3.63, 3.8) is 0 Å². The molecule has 1 saturated heterocycles. The molecule has 242 valence electrons. The molecule has 1 N–H and O–H groups in total. The van der Waals surface area contributed by atoms with Crippen LogP contribution in [0.3, 0.4) is 0 Å². The third-order valence-electron chi connectivity index (χ3n) is 7.91. The van der Waals surface area contributed by atoms with Crippen LogP contribution in [0.2, 0.25) is 0 Å². The van der Waals surface area contributed by atoms with E-state index in [1.54, 1.807) is 18.2 Å². The molecular weight excluding hydrogens is 596 g/mol. The summed E-state index contributed by atoms with van der Waals surface area (Å²) in [6.45, 7) is 4.11. The van der Waals surface area contributed by atoms with Crippen LogP contribution in [-0.4, -0.2) is 92.5 Å². The smallest absolute Gasteiger partial charge is 0.331 e. The van der Waals surface area contributed by atoms with E-state index in [2.05, 4.69) is 22.0 Å². The number of rotatable bonds is 4. The van der Waals surface area contributed by atoms with Crippen molar-refractivity contribution in [3.05, 3.63) is 92.5 Å². The quantitative estimate of drug-likeness (QED) is 0.328. The van der Waals surface area contributed by atoms with E-state index < -0.39 is 17.2 Å². The number of carbonyl (C=O) groups excluding carboxylic acids is 1. The van der Waals surface area contributed by atoms with Crippen molar-refractivity contribution in [2.45, 2.75) is 13.1 Å². The summed E-state index contributed by atoms with van der Waals surface area (Å²) < 4.78 is 21.5. The molecule has 0 radical (unpaired) electrons. The maximum atomic E-state index is 14.0. The highest BCUT2D eigenvalue weighted by molar-refractivity contribution is 5.92. The number of fused-ring (bicyclic) bond motifs is 7. The molecular formula is C32H36N6O8. The second-order valence-electron chi connectivity index (χ2n) is 10.8. The summed E-state index contributed by atoms with van der Waals surface area (Å²) in [6.07, 6.45) is 3.67. The van der Waals surface area contributed by atoms with Crippen molar-refractivity contribution >= 4 is 12.4 Å². The monoisotopic (exact) mass is 632 g/mol. The second kappa shape index (κ2) is 14.3. The Balaban J connectivity index is 0.00000134. The molecule has 0 unspecified atom stereocenters. The van der Waals surface area contributed by atoms with Gasteiger partial charge < -0.3 is 24.2 Å². The molecule has 0 aliphatic carbocycles. The molecule has 4 aromatic rings. The zero-order valence-electron chi connectivity index (χ0n) is 25.9. The van der Waals surface area contributed by atoms with Gasteiger partial charge in [0.1, 0.15) is 18.1 Å². The van der Waals surface area contributed by atoms with E-state index >= 15 is 0 Å². The molecule has 0 atom stereocenters. The van der Waals surface area contributed by atoms with E-state index in [1.165, 1.54) is 24.7 Å². The van der Waals surface area contributed by atoms with Gasteiger partial charge in [-0.1, -0.05) is 6.07 Å². The van der Waals surface area contributed by atoms with Crippen LogP contribution in [0.4, 0.5) is 0 Å². The Morgan fingerprint density at radius 3 is 2.52 bits per heavy atom. The van der Waals surface area contributed by atoms with Crippen LogP contribution in [-0.2, 0) is 36.7 Å². The first kappa shape index (κ1) is 32.2. The minimum Gasteiger partial charge on any atom is -0.493 e. The highest BCUT2D eigenvalue weighted by atomic mass is 16.5. The fourth-order valence-corrected chi connectivity index (χ4v) is 5.57. The molecule has 1 fully saturated rings. The van der Waals surface area contributed by atoms with Crippen molar-refractivity contribution in [1.29, 1.82) is 0 Å². The Labute approximate surface area is 264 Å². The van der Waals surface area contributed by atoms with Crippen LogP contribution >= 0.6 is 0 Å². The van der Waals surface area contributed by atoms with Gasteiger partial charge in [0.2, 0.25) is 0 Å². The van der Waals surface area contributed by atoms with Crippen molar-refractivity contribution in [2.24, 2.45) is 14.1 Å². The molecule has 2 aliphatic heterocycles. The number of ether oxygens (including phenoxy) is 3. The third kappa shape index (κ3) is 6.87. The molecule has 0 saturated carbocycles. The van der Waals surface area contributed by atoms with Crippen LogP contribution in [0, 0.1) is 0 Å². The molecule has 6 rings (SSSR count). The molecule has 2 aromatic carbocycles. The Morgan fingerprint density at radius 1 is 1.02 bits per heavy atom. The number of benzene rings is 2. The number of hydrogen-bond acceptors (Lipinski definition) is 9. The summed E-state index contributed by atoms with van der Waals surface area (Å²) in [6, 6.07) is 13.1. The fourth-order valence-electron chi connectivity index (χ4n) is 5.57. The number of aromatic nitrogens is 4. The SMILES string of the molecule is COc1ccc2cc1OCCN(C(=O)c1cc(=O)n(C)c(=O)n1C)Cc1cc(CN3CCOCC3)cc(c1)-n1ccnc1-2.O=CO. The van der Waals surface area contributed by atoms with E-state index in [9.17, 15) is 14.4 Å². The molecule has 14 heteroatoms. The lowest BCUT2D eigenvalue weighted by Crippen LogP contribution is -2.43. The number of amides is 1. The lowest BCUT2D eigenvalue weighted by atomic mass is 10.1. The van der Waals surface area contributed by atoms with Crippen LogP contribution in [0.15, 0.2) is 64.4 Å². The standard InChI is InChI=1S/C31H34N6O6.CH2O2/c1-33-25(18-28(38)34(2)31(33)40)30(39)36-10-13-43-27-17-23(4-5-26(27)41-3)29-32-6-7-37(29)24-15-21(14-22(16-24)20-36)19-35-8-11-42-12-9-35;2-1-3/h4-7,14-18H,8-13,19-20H2,1-3H3;1H,(H,2,3). The Hall–Kier alpha value is -5.21. The van der Waals surface area contributed by atoms with Gasteiger partial charge in [0.25, 0.3) is 17.9 Å². The van der Waals surface area contributed by atoms with Gasteiger partial charge in [-0.15, -0.1) is 0 Å². The first-order chi connectivity index (χ1) is 22.2. The maximum absolute atomic E-state index is 14.0. The van der Waals surface area contributed by atoms with Gasteiger partial charge in [-0.25, -0.2) is 9.78 Å². The van der Waals surface area contributed by atoms with Gasteiger partial charge in [-0.05, 0) is 41.5 Å². The molecule has 2 aromatic heterocycles. The van der Waals surface area contributed by atoms with Crippen molar-refractivity contribution < 1.29 is 28.9 Å². The molecule has 46 heavy (non-hydrogen) atoms. The van der Waals surface area contributed by atoms with Crippen molar-refractivity contribution in [3.8, 4) is 28.6 Å². The van der Waals surface area contributed by atoms with Gasteiger partial charge in [0.05, 0.1) is 26.9 Å². The Bertz CT molecular complexity index is 1840. The number of morpholine rings is 1. The molecule has 2 aliphatic rings. The summed E-state index contributed by atoms with van der Waals surface area (Å²) in [7, 11) is 4.45. The molecule has 4 bridgehead atoms. The summed E-state index contributed by atoms with van der Waals surface area (Å²) in [5.74, 6) is 1.36. The van der Waals surface area contributed by atoms with Crippen LogP contribution < -0.4 is 20.7 Å². The number of carboxylic acid groups (broad SMARTS) is 1. The van der Waals surface area contributed by atoms with Crippen LogP contribution in [0.5, 0.6) is 11.5 Å². The molecule has 4 heterocycles. The number of nitrogens with zero attached hydrogens (tertiary/aromatic N) is 6. The van der Waals surface area contributed by atoms with Gasteiger partial charge in [-0.3, -0.25) is 33.0 Å². The summed E-state index contributed by atoms with van der Waals surface area (Å²) >= 11 is 0. The second-order valence-corrected chi connectivity index (χ2v) is 10.8. The predicted octanol–water partition coefficient (Wildman–Crippen LogP) is 1.51. The summed E-state index contributed by atoms with van der Waals surface area (Å²) in [5.41, 5.74) is 2.63. The average molecular weight is 633 g/mol.